The number of carbonyl (C=O) groups is 2. The first-order valence-corrected chi connectivity index (χ1v) is 9.20. The molecule has 1 aromatic carbocycles. The van der Waals surface area contributed by atoms with E-state index in [9.17, 15) is 14.7 Å². The van der Waals surface area contributed by atoms with Crippen LogP contribution < -0.4 is 14.5 Å². The van der Waals surface area contributed by atoms with Gasteiger partial charge in [0.1, 0.15) is 11.4 Å². The van der Waals surface area contributed by atoms with Gasteiger partial charge in [-0.2, -0.15) is 0 Å². The van der Waals surface area contributed by atoms with Gasteiger partial charge in [0.05, 0.1) is 12.4 Å². The highest BCUT2D eigenvalue weighted by atomic mass is 16.6. The van der Waals surface area contributed by atoms with E-state index in [1.54, 1.807) is 52.1 Å². The zero-order valence-corrected chi connectivity index (χ0v) is 16.9. The molecule has 1 fully saturated rings. The molecule has 0 bridgehead atoms. The average molecular weight is 404 g/mol. The molecule has 0 N–H and O–H groups in total. The maximum Gasteiger partial charge on any atom is 0.410 e. The second-order valence-corrected chi connectivity index (χ2v) is 7.58. The van der Waals surface area contributed by atoms with Gasteiger partial charge in [-0.1, -0.05) is 0 Å². The summed E-state index contributed by atoms with van der Waals surface area (Å²) in [5.74, 6) is -0.692. The molecule has 0 radical (unpaired) electrons. The lowest BCUT2D eigenvalue weighted by molar-refractivity contribution is -0.672. The van der Waals surface area contributed by atoms with Gasteiger partial charge in [-0.15, -0.1) is 0 Å². The lowest BCUT2D eigenvalue weighted by Crippen LogP contribution is -2.53. The van der Waals surface area contributed by atoms with E-state index in [0.29, 0.717) is 24.5 Å². The first-order valence-electron chi connectivity index (χ1n) is 9.20. The molecule has 156 valence electrons. The summed E-state index contributed by atoms with van der Waals surface area (Å²) in [6.45, 7) is 6.54. The largest absolute Gasteiger partial charge is 0.538 e. The fourth-order valence-corrected chi connectivity index (χ4v) is 2.89. The standard InChI is InChI=1S/C19H24N4O6/c1-19(2,3)28-18(26)22-11-9-21(10-12-22)16(24)15-17(25)29-20-23(15)13-5-7-14(27-4)8-6-13/h5-8H,9-12H2,1-4H3. The monoisotopic (exact) mass is 404 g/mol. The Bertz CT molecular complexity index is 879. The van der Waals surface area contributed by atoms with Gasteiger partial charge >= 0.3 is 17.7 Å². The minimum absolute atomic E-state index is 0.194. The van der Waals surface area contributed by atoms with Crippen molar-refractivity contribution in [2.75, 3.05) is 33.3 Å². The van der Waals surface area contributed by atoms with Crippen molar-refractivity contribution in [3.8, 4) is 17.4 Å². The predicted molar refractivity (Wildman–Crippen MR) is 97.7 cm³/mol. The molecule has 1 aliphatic heterocycles. The molecule has 0 atom stereocenters. The number of methoxy groups -OCH3 is 1. The van der Waals surface area contributed by atoms with Gasteiger partial charge in [-0.05, 0) is 37.6 Å². The molecule has 10 nitrogen and oxygen atoms in total. The summed E-state index contributed by atoms with van der Waals surface area (Å²) in [5, 5.41) is 15.8. The van der Waals surface area contributed by atoms with Crippen LogP contribution in [0.15, 0.2) is 28.8 Å². The van der Waals surface area contributed by atoms with Crippen molar-refractivity contribution in [3.63, 3.8) is 0 Å². The summed E-state index contributed by atoms with van der Waals surface area (Å²) >= 11 is 0. The molecule has 2 aromatic rings. The summed E-state index contributed by atoms with van der Waals surface area (Å²) in [6.07, 6.45) is -0.424. The minimum atomic E-state index is -0.819. The van der Waals surface area contributed by atoms with Crippen molar-refractivity contribution in [2.45, 2.75) is 26.4 Å². The summed E-state index contributed by atoms with van der Waals surface area (Å²) < 4.78 is 16.4. The molecule has 1 aliphatic rings. The maximum atomic E-state index is 12.9. The van der Waals surface area contributed by atoms with E-state index in [1.165, 1.54) is 14.5 Å². The van der Waals surface area contributed by atoms with Crippen LogP contribution in [0.4, 0.5) is 4.79 Å². The van der Waals surface area contributed by atoms with Crippen molar-refractivity contribution < 1.29 is 33.4 Å². The smallest absolute Gasteiger partial charge is 0.410 e. The van der Waals surface area contributed by atoms with Crippen LogP contribution in [-0.2, 0) is 4.74 Å². The third-order valence-corrected chi connectivity index (χ3v) is 4.35. The third kappa shape index (κ3) is 4.58. The van der Waals surface area contributed by atoms with Crippen LogP contribution in [0.2, 0.25) is 0 Å². The fourth-order valence-electron chi connectivity index (χ4n) is 2.89. The number of aromatic nitrogens is 2. The predicted octanol–water partition coefficient (Wildman–Crippen LogP) is 0.726. The number of hydrogen-bond donors (Lipinski definition) is 0. The number of hydrogen-bond acceptors (Lipinski definition) is 7. The molecule has 0 aliphatic carbocycles. The zero-order chi connectivity index (χ0) is 21.2. The van der Waals surface area contributed by atoms with E-state index in [-0.39, 0.29) is 18.8 Å². The van der Waals surface area contributed by atoms with Crippen LogP contribution in [0.5, 0.6) is 11.7 Å². The van der Waals surface area contributed by atoms with Crippen molar-refractivity contribution in [1.29, 1.82) is 0 Å². The van der Waals surface area contributed by atoms with Crippen LogP contribution in [-0.4, -0.2) is 66.0 Å². The maximum absolute atomic E-state index is 12.9. The van der Waals surface area contributed by atoms with Crippen LogP contribution in [0, 0.1) is 0 Å². The van der Waals surface area contributed by atoms with Gasteiger partial charge in [-0.3, -0.25) is 4.79 Å². The molecule has 2 amide bonds. The van der Waals surface area contributed by atoms with E-state index < -0.39 is 23.5 Å². The Balaban J connectivity index is 1.72. The van der Waals surface area contributed by atoms with E-state index in [1.807, 2.05) is 0 Å². The van der Waals surface area contributed by atoms with Gasteiger partial charge in [0.15, 0.2) is 5.95 Å². The van der Waals surface area contributed by atoms with E-state index >= 15 is 0 Å². The first kappa shape index (κ1) is 20.4. The molecule has 29 heavy (non-hydrogen) atoms. The Hall–Kier alpha value is -3.30. The van der Waals surface area contributed by atoms with Gasteiger partial charge in [0.2, 0.25) is 5.69 Å². The highest BCUT2D eigenvalue weighted by molar-refractivity contribution is 5.92. The van der Waals surface area contributed by atoms with Crippen LogP contribution >= 0.6 is 0 Å². The Labute approximate surface area is 168 Å². The Morgan fingerprint density at radius 3 is 2.24 bits per heavy atom. The Morgan fingerprint density at radius 2 is 1.69 bits per heavy atom. The summed E-state index contributed by atoms with van der Waals surface area (Å²) in [5.41, 5.74) is -0.290. The van der Waals surface area contributed by atoms with Gasteiger partial charge in [0, 0.05) is 38.3 Å². The van der Waals surface area contributed by atoms with Crippen molar-refractivity contribution >= 4 is 12.0 Å². The van der Waals surface area contributed by atoms with E-state index in [4.69, 9.17) is 14.0 Å². The van der Waals surface area contributed by atoms with Gasteiger partial charge < -0.3 is 28.9 Å². The number of piperazine rings is 1. The third-order valence-electron chi connectivity index (χ3n) is 4.35. The number of benzene rings is 1. The number of ether oxygens (including phenoxy) is 2. The topological polar surface area (TPSA) is 112 Å². The molecule has 3 rings (SSSR count). The van der Waals surface area contributed by atoms with Crippen LogP contribution in [0.25, 0.3) is 5.69 Å². The molecule has 2 heterocycles. The molecule has 0 unspecified atom stereocenters. The fraction of sp³-hybridized carbons (Fsp3) is 0.474. The quantitative estimate of drug-likeness (QED) is 0.693. The number of amides is 2. The molecule has 1 saturated heterocycles. The van der Waals surface area contributed by atoms with E-state index in [0.717, 1.165) is 0 Å². The lowest BCUT2D eigenvalue weighted by Gasteiger charge is -2.35. The molecule has 0 spiro atoms. The summed E-state index contributed by atoms with van der Waals surface area (Å²) in [6, 6.07) is 6.71. The van der Waals surface area contributed by atoms with Crippen molar-refractivity contribution in [3.05, 3.63) is 30.0 Å². The average Bonchev–Trinajstić information content (AvgIpc) is 3.07. The second-order valence-electron chi connectivity index (χ2n) is 7.58. The van der Waals surface area contributed by atoms with Gasteiger partial charge in [0.25, 0.3) is 0 Å². The van der Waals surface area contributed by atoms with Crippen molar-refractivity contribution in [1.82, 2.24) is 15.1 Å². The molecular formula is C19H24N4O6. The van der Waals surface area contributed by atoms with Crippen LogP contribution in [0.1, 0.15) is 31.3 Å². The molecule has 1 aromatic heterocycles. The highest BCUT2D eigenvalue weighted by Gasteiger charge is 2.34. The van der Waals surface area contributed by atoms with Crippen molar-refractivity contribution in [2.24, 2.45) is 0 Å². The first-order chi connectivity index (χ1) is 13.7. The molecule has 10 heteroatoms. The van der Waals surface area contributed by atoms with Gasteiger partial charge in [-0.25, -0.2) is 4.79 Å². The molecule has 0 saturated carbocycles. The molecular weight excluding hydrogens is 380 g/mol. The summed E-state index contributed by atoms with van der Waals surface area (Å²) in [4.78, 5) is 28.2. The summed E-state index contributed by atoms with van der Waals surface area (Å²) in [7, 11) is 1.54. The Morgan fingerprint density at radius 1 is 1.10 bits per heavy atom. The SMILES string of the molecule is COc1ccc(-[n+]2noc([O-])c2C(=O)N2CCN(C(=O)OC(C)(C)C)CC2)cc1. The van der Waals surface area contributed by atoms with Crippen LogP contribution in [0.3, 0.4) is 0 Å². The second kappa shape index (κ2) is 7.98. The minimum Gasteiger partial charge on any atom is -0.538 e. The highest BCUT2D eigenvalue weighted by Crippen LogP contribution is 2.18. The number of nitrogens with zero attached hydrogens (tertiary/aromatic N) is 4. The number of carbonyl (C=O) groups excluding carboxylic acids is 2. The zero-order valence-electron chi connectivity index (χ0n) is 16.9. The lowest BCUT2D eigenvalue weighted by atomic mass is 10.2. The Kier molecular flexibility index (Phi) is 5.62. The number of rotatable bonds is 3. The normalized spacial score (nSPS) is 14.6. The van der Waals surface area contributed by atoms with E-state index in [2.05, 4.69) is 5.27 Å².